The van der Waals surface area contributed by atoms with Gasteiger partial charge in [-0.3, -0.25) is 4.79 Å². The van der Waals surface area contributed by atoms with Crippen LogP contribution in [-0.2, 0) is 4.79 Å². The zero-order valence-electron chi connectivity index (χ0n) is 10.4. The van der Waals surface area contributed by atoms with Crippen LogP contribution in [0.25, 0.3) is 0 Å². The minimum absolute atomic E-state index is 0.190. The monoisotopic (exact) mass is 282 g/mol. The lowest BCUT2D eigenvalue weighted by atomic mass is 9.54. The van der Waals surface area contributed by atoms with Crippen molar-refractivity contribution in [2.45, 2.75) is 40.5 Å². The predicted octanol–water partition coefficient (Wildman–Crippen LogP) is 4.24. The van der Waals surface area contributed by atoms with Crippen molar-refractivity contribution in [3.8, 4) is 0 Å². The Labute approximate surface area is 106 Å². The zero-order valence-corrected chi connectivity index (χ0v) is 12.0. The first-order valence-electron chi connectivity index (χ1n) is 5.86. The first-order valence-corrected chi connectivity index (χ1v) is 6.65. The van der Waals surface area contributed by atoms with E-state index in [0.29, 0.717) is 11.7 Å². The van der Waals surface area contributed by atoms with E-state index in [4.69, 9.17) is 0 Å². The minimum atomic E-state index is -0.306. The molecule has 0 unspecified atom stereocenters. The lowest BCUT2D eigenvalue weighted by Gasteiger charge is -2.49. The summed E-state index contributed by atoms with van der Waals surface area (Å²) in [5.41, 5.74) is 0.808. The maximum atomic E-state index is 12.4. The molecule has 0 saturated carbocycles. The number of carbonyl (C=O) groups is 1. The van der Waals surface area contributed by atoms with Crippen LogP contribution in [-0.4, -0.2) is 5.78 Å². The van der Waals surface area contributed by atoms with Crippen LogP contribution in [0.5, 0.6) is 0 Å². The van der Waals surface area contributed by atoms with Crippen molar-refractivity contribution in [2.24, 2.45) is 16.7 Å². The first-order chi connectivity index (χ1) is 7.27. The SMILES string of the molecule is CC1=CC[C@@H]2C(C)(C)CC(Br)=C[C@]2(C)C1=O. The third kappa shape index (κ3) is 1.62. The van der Waals surface area contributed by atoms with Crippen molar-refractivity contribution in [3.63, 3.8) is 0 Å². The van der Waals surface area contributed by atoms with E-state index in [9.17, 15) is 4.79 Å². The second-order valence-corrected chi connectivity index (χ2v) is 7.06. The van der Waals surface area contributed by atoms with Crippen molar-refractivity contribution in [1.82, 2.24) is 0 Å². The van der Waals surface area contributed by atoms with Gasteiger partial charge >= 0.3 is 0 Å². The fraction of sp³-hybridized carbons (Fsp3) is 0.643. The summed E-state index contributed by atoms with van der Waals surface area (Å²) in [4.78, 5) is 12.4. The second kappa shape index (κ2) is 3.56. The van der Waals surface area contributed by atoms with Gasteiger partial charge in [0.05, 0.1) is 5.41 Å². The van der Waals surface area contributed by atoms with E-state index in [0.717, 1.165) is 18.4 Å². The summed E-state index contributed by atoms with van der Waals surface area (Å²) < 4.78 is 1.18. The Kier molecular flexibility index (Phi) is 2.69. The molecular weight excluding hydrogens is 264 g/mol. The molecule has 2 aliphatic carbocycles. The van der Waals surface area contributed by atoms with Gasteiger partial charge in [0, 0.05) is 0 Å². The van der Waals surface area contributed by atoms with Gasteiger partial charge in [0.15, 0.2) is 5.78 Å². The molecular formula is C14H19BrO. The molecule has 0 amide bonds. The molecule has 88 valence electrons. The van der Waals surface area contributed by atoms with E-state index in [1.54, 1.807) is 0 Å². The Hall–Kier alpha value is -0.370. The topological polar surface area (TPSA) is 17.1 Å². The standard InChI is InChI=1S/C14H19BrO/c1-9-5-6-11-13(2,3)7-10(15)8-14(11,4)12(9)16/h5,8,11H,6-7H2,1-4H3/t11-,14+/m1/s1. The van der Waals surface area contributed by atoms with Crippen LogP contribution in [0.15, 0.2) is 22.2 Å². The number of carbonyl (C=O) groups excluding carboxylic acids is 1. The highest BCUT2D eigenvalue weighted by Gasteiger charge is 2.51. The largest absolute Gasteiger partial charge is 0.294 e. The van der Waals surface area contributed by atoms with Gasteiger partial charge < -0.3 is 0 Å². The summed E-state index contributed by atoms with van der Waals surface area (Å²) in [5, 5.41) is 0. The minimum Gasteiger partial charge on any atom is -0.294 e. The lowest BCUT2D eigenvalue weighted by Crippen LogP contribution is -2.47. The smallest absolute Gasteiger partial charge is 0.168 e. The van der Waals surface area contributed by atoms with E-state index in [1.807, 2.05) is 6.92 Å². The lowest BCUT2D eigenvalue weighted by molar-refractivity contribution is -0.128. The summed E-state index contributed by atoms with van der Waals surface area (Å²) in [6.07, 6.45) is 6.32. The Balaban J connectivity index is 2.55. The molecule has 16 heavy (non-hydrogen) atoms. The van der Waals surface area contributed by atoms with Gasteiger partial charge in [-0.2, -0.15) is 0 Å². The molecule has 0 bridgehead atoms. The van der Waals surface area contributed by atoms with Crippen molar-refractivity contribution in [2.75, 3.05) is 0 Å². The summed E-state index contributed by atoms with van der Waals surface area (Å²) in [5.74, 6) is 0.728. The molecule has 0 aliphatic heterocycles. The molecule has 0 spiro atoms. The van der Waals surface area contributed by atoms with E-state index >= 15 is 0 Å². The maximum Gasteiger partial charge on any atom is 0.168 e. The van der Waals surface area contributed by atoms with Crippen LogP contribution < -0.4 is 0 Å². The number of halogens is 1. The third-order valence-electron chi connectivity index (χ3n) is 4.26. The molecule has 1 nitrogen and oxygen atoms in total. The third-order valence-corrected chi connectivity index (χ3v) is 4.76. The Bertz CT molecular complexity index is 403. The molecule has 2 rings (SSSR count). The van der Waals surface area contributed by atoms with E-state index in [-0.39, 0.29) is 10.8 Å². The Morgan fingerprint density at radius 2 is 2.00 bits per heavy atom. The number of rotatable bonds is 0. The quantitative estimate of drug-likeness (QED) is 0.650. The number of allylic oxidation sites excluding steroid dienone is 4. The summed E-state index contributed by atoms with van der Waals surface area (Å²) in [6.45, 7) is 8.57. The average molecular weight is 283 g/mol. The molecule has 0 fully saturated rings. The van der Waals surface area contributed by atoms with Crippen LogP contribution in [0.4, 0.5) is 0 Å². The fourth-order valence-electron chi connectivity index (χ4n) is 3.45. The predicted molar refractivity (Wildman–Crippen MR) is 70.4 cm³/mol. The molecule has 2 atom stereocenters. The Morgan fingerprint density at radius 1 is 1.38 bits per heavy atom. The highest BCUT2D eigenvalue weighted by atomic mass is 79.9. The van der Waals surface area contributed by atoms with E-state index < -0.39 is 0 Å². The highest BCUT2D eigenvalue weighted by Crippen LogP contribution is 2.55. The van der Waals surface area contributed by atoms with E-state index in [1.165, 1.54) is 4.48 Å². The van der Waals surface area contributed by atoms with Crippen molar-refractivity contribution < 1.29 is 4.79 Å². The molecule has 0 heterocycles. The first kappa shape index (κ1) is 12.1. The van der Waals surface area contributed by atoms with Crippen molar-refractivity contribution in [1.29, 1.82) is 0 Å². The second-order valence-electron chi connectivity index (χ2n) is 6.04. The maximum absolute atomic E-state index is 12.4. The molecule has 2 heteroatoms. The van der Waals surface area contributed by atoms with Gasteiger partial charge in [-0.15, -0.1) is 0 Å². The van der Waals surface area contributed by atoms with Crippen LogP contribution >= 0.6 is 15.9 Å². The molecule has 0 saturated heterocycles. The number of ketones is 1. The highest BCUT2D eigenvalue weighted by molar-refractivity contribution is 9.11. The molecule has 0 aromatic heterocycles. The molecule has 0 radical (unpaired) electrons. The van der Waals surface area contributed by atoms with Gasteiger partial charge in [0.25, 0.3) is 0 Å². The molecule has 0 aromatic rings. The number of Topliss-reactive ketones (excluding diaryl/α,β-unsaturated/α-hetero) is 1. The van der Waals surface area contributed by atoms with Crippen LogP contribution in [0.3, 0.4) is 0 Å². The van der Waals surface area contributed by atoms with Gasteiger partial charge in [-0.1, -0.05) is 41.9 Å². The van der Waals surface area contributed by atoms with Crippen LogP contribution in [0.1, 0.15) is 40.5 Å². The van der Waals surface area contributed by atoms with Crippen LogP contribution in [0.2, 0.25) is 0 Å². The van der Waals surface area contributed by atoms with Gasteiger partial charge in [-0.05, 0) is 48.1 Å². The fourth-order valence-corrected chi connectivity index (χ4v) is 4.65. The van der Waals surface area contributed by atoms with Gasteiger partial charge in [0.1, 0.15) is 0 Å². The van der Waals surface area contributed by atoms with Gasteiger partial charge in [0.2, 0.25) is 0 Å². The molecule has 2 aliphatic rings. The number of fused-ring (bicyclic) bond motifs is 1. The number of hydrogen-bond donors (Lipinski definition) is 0. The van der Waals surface area contributed by atoms with Crippen LogP contribution in [0, 0.1) is 16.7 Å². The summed E-state index contributed by atoms with van der Waals surface area (Å²) in [7, 11) is 0. The number of hydrogen-bond acceptors (Lipinski definition) is 1. The summed E-state index contributed by atoms with van der Waals surface area (Å²) >= 11 is 3.60. The van der Waals surface area contributed by atoms with E-state index in [2.05, 4.69) is 48.9 Å². The van der Waals surface area contributed by atoms with Crippen molar-refractivity contribution >= 4 is 21.7 Å². The molecule has 0 N–H and O–H groups in total. The van der Waals surface area contributed by atoms with Crippen molar-refractivity contribution in [3.05, 3.63) is 22.2 Å². The normalized spacial score (nSPS) is 37.6. The van der Waals surface area contributed by atoms with Gasteiger partial charge in [-0.25, -0.2) is 0 Å². The average Bonchev–Trinajstić information content (AvgIpc) is 2.11. The summed E-state index contributed by atoms with van der Waals surface area (Å²) in [6, 6.07) is 0. The molecule has 0 aromatic carbocycles. The zero-order chi connectivity index (χ0) is 12.1. The Morgan fingerprint density at radius 3 is 2.62 bits per heavy atom.